The van der Waals surface area contributed by atoms with Gasteiger partial charge in [-0.3, -0.25) is 5.32 Å². The third kappa shape index (κ3) is 4.20. The largest absolute Gasteiger partial charge is 0.488 e. The van der Waals surface area contributed by atoms with Crippen LogP contribution < -0.4 is 26.8 Å². The first-order chi connectivity index (χ1) is 16.3. The summed E-state index contributed by atoms with van der Waals surface area (Å²) in [6.07, 6.45) is 1.76. The van der Waals surface area contributed by atoms with Gasteiger partial charge in [-0.1, -0.05) is 11.6 Å². The molecule has 0 fully saturated rings. The maximum absolute atomic E-state index is 14.1. The minimum absolute atomic E-state index is 0.00247. The number of nitrogen functional groups attached to an aromatic ring is 2. The van der Waals surface area contributed by atoms with E-state index in [1.165, 1.54) is 6.07 Å². The second-order valence-corrected chi connectivity index (χ2v) is 7.54. The van der Waals surface area contributed by atoms with E-state index in [-0.39, 0.29) is 46.8 Å². The Morgan fingerprint density at radius 3 is 2.71 bits per heavy atom. The van der Waals surface area contributed by atoms with Crippen molar-refractivity contribution >= 4 is 34.9 Å². The highest BCUT2D eigenvalue weighted by atomic mass is 35.5. The molecule has 0 radical (unpaired) electrons. The van der Waals surface area contributed by atoms with E-state index in [0.29, 0.717) is 16.1 Å². The second kappa shape index (κ2) is 9.10. The predicted molar refractivity (Wildman–Crippen MR) is 122 cm³/mol. The van der Waals surface area contributed by atoms with Crippen LogP contribution in [0.15, 0.2) is 41.4 Å². The standard InChI is InChI=1S/C22H15ClF2N8O/c23-11-1-4-16(34-8-10-5-12(24)2-3-15(10)25)13(6-11)19-17-18(28)14(7-26)20(29)32-21(17)33-22(31-19)30-9-27/h1-6,19H,8H2,(H6,28,29,30,31,32,33). The number of rotatable bonds is 4. The van der Waals surface area contributed by atoms with Gasteiger partial charge in [0, 0.05) is 21.7 Å². The van der Waals surface area contributed by atoms with Crippen LogP contribution in [0.3, 0.4) is 0 Å². The molecule has 2 aromatic carbocycles. The van der Waals surface area contributed by atoms with Gasteiger partial charge >= 0.3 is 0 Å². The highest BCUT2D eigenvalue weighted by molar-refractivity contribution is 6.30. The van der Waals surface area contributed by atoms with Gasteiger partial charge in [-0.2, -0.15) is 10.5 Å². The number of aliphatic imine (C=N–C) groups is 1. The van der Waals surface area contributed by atoms with Gasteiger partial charge in [-0.05, 0) is 36.4 Å². The fraction of sp³-hybridized carbons (Fsp3) is 0.0909. The van der Waals surface area contributed by atoms with Crippen molar-refractivity contribution in [3.63, 3.8) is 0 Å². The molecule has 1 atom stereocenters. The van der Waals surface area contributed by atoms with E-state index < -0.39 is 17.7 Å². The topological polar surface area (TPSA) is 158 Å². The molecule has 34 heavy (non-hydrogen) atoms. The van der Waals surface area contributed by atoms with Crippen LogP contribution in [0, 0.1) is 34.4 Å². The number of hydrogen-bond acceptors (Lipinski definition) is 9. The van der Waals surface area contributed by atoms with Crippen LogP contribution in [0.4, 0.5) is 26.1 Å². The zero-order valence-corrected chi connectivity index (χ0v) is 18.0. The number of benzene rings is 2. The fourth-order valence-electron chi connectivity index (χ4n) is 3.48. The van der Waals surface area contributed by atoms with Gasteiger partial charge in [-0.15, -0.1) is 0 Å². The van der Waals surface area contributed by atoms with Gasteiger partial charge in [0.2, 0.25) is 5.96 Å². The van der Waals surface area contributed by atoms with Crippen molar-refractivity contribution in [3.05, 3.63) is 75.3 Å². The summed E-state index contributed by atoms with van der Waals surface area (Å²) in [5.74, 6) is -0.897. The molecule has 1 aliphatic rings. The smallest absolute Gasteiger partial charge is 0.211 e. The Labute approximate surface area is 197 Å². The maximum Gasteiger partial charge on any atom is 0.211 e. The molecule has 1 unspecified atom stereocenters. The minimum Gasteiger partial charge on any atom is -0.488 e. The van der Waals surface area contributed by atoms with E-state index in [0.717, 1.165) is 18.2 Å². The van der Waals surface area contributed by atoms with Gasteiger partial charge in [0.25, 0.3) is 0 Å². The molecular formula is C22H15ClF2N8O. The molecule has 9 nitrogen and oxygen atoms in total. The second-order valence-electron chi connectivity index (χ2n) is 7.11. The first-order valence-electron chi connectivity index (χ1n) is 9.67. The molecule has 3 aromatic rings. The molecular weight excluding hydrogens is 466 g/mol. The Hall–Kier alpha value is -4.61. The first-order valence-corrected chi connectivity index (χ1v) is 10.0. The molecule has 0 bridgehead atoms. The molecule has 4 rings (SSSR count). The van der Waals surface area contributed by atoms with Gasteiger partial charge < -0.3 is 21.5 Å². The summed E-state index contributed by atoms with van der Waals surface area (Å²) in [5, 5.41) is 24.1. The normalized spacial score (nSPS) is 14.1. The molecule has 0 saturated heterocycles. The van der Waals surface area contributed by atoms with Crippen LogP contribution in [-0.4, -0.2) is 10.9 Å². The van der Waals surface area contributed by atoms with Gasteiger partial charge in [-0.25, -0.2) is 18.8 Å². The summed E-state index contributed by atoms with van der Waals surface area (Å²) < 4.78 is 33.5. The molecule has 6 N–H and O–H groups in total. The minimum atomic E-state index is -0.932. The summed E-state index contributed by atoms with van der Waals surface area (Å²) in [7, 11) is 0. The van der Waals surface area contributed by atoms with Crippen LogP contribution >= 0.6 is 11.6 Å². The van der Waals surface area contributed by atoms with Crippen molar-refractivity contribution in [1.29, 1.82) is 10.5 Å². The van der Waals surface area contributed by atoms with Crippen LogP contribution in [-0.2, 0) is 6.61 Å². The lowest BCUT2D eigenvalue weighted by molar-refractivity contribution is 0.295. The number of ether oxygens (including phenoxy) is 1. The molecule has 0 amide bonds. The molecule has 1 aromatic heterocycles. The Kier molecular flexibility index (Phi) is 6.04. The van der Waals surface area contributed by atoms with Crippen molar-refractivity contribution in [1.82, 2.24) is 10.3 Å². The SMILES string of the molecule is N#CNC1=NC(c2cc(Cl)ccc2OCc2cc(F)ccc2F)c2c(nc(N)c(C#N)c2N)N1. The van der Waals surface area contributed by atoms with Crippen LogP contribution in [0.5, 0.6) is 5.75 Å². The molecule has 0 aliphatic carbocycles. The number of anilines is 3. The van der Waals surface area contributed by atoms with E-state index in [1.807, 2.05) is 6.07 Å². The monoisotopic (exact) mass is 480 g/mol. The number of nitrogens with zero attached hydrogens (tertiary/aromatic N) is 4. The van der Waals surface area contributed by atoms with Crippen LogP contribution in [0.25, 0.3) is 0 Å². The quantitative estimate of drug-likeness (QED) is 0.326. The molecule has 0 saturated carbocycles. The van der Waals surface area contributed by atoms with Crippen molar-refractivity contribution in [3.8, 4) is 18.0 Å². The van der Waals surface area contributed by atoms with E-state index in [2.05, 4.69) is 20.6 Å². The lowest BCUT2D eigenvalue weighted by Gasteiger charge is -2.27. The third-order valence-electron chi connectivity index (χ3n) is 5.01. The van der Waals surface area contributed by atoms with E-state index in [9.17, 15) is 14.0 Å². The van der Waals surface area contributed by atoms with Crippen molar-refractivity contribution in [2.75, 3.05) is 16.8 Å². The Morgan fingerprint density at radius 2 is 1.97 bits per heavy atom. The molecule has 1 aliphatic heterocycles. The van der Waals surface area contributed by atoms with E-state index in [1.54, 1.807) is 18.3 Å². The number of aromatic nitrogens is 1. The lowest BCUT2D eigenvalue weighted by Crippen LogP contribution is -2.33. The molecule has 170 valence electrons. The lowest BCUT2D eigenvalue weighted by atomic mass is 9.94. The average molecular weight is 481 g/mol. The number of fused-ring (bicyclic) bond motifs is 1. The van der Waals surface area contributed by atoms with Crippen LogP contribution in [0.2, 0.25) is 5.02 Å². The number of guanidine groups is 1. The summed E-state index contributed by atoms with van der Waals surface area (Å²) in [4.78, 5) is 8.66. The van der Waals surface area contributed by atoms with Crippen molar-refractivity contribution in [2.24, 2.45) is 4.99 Å². The highest BCUT2D eigenvalue weighted by Gasteiger charge is 2.31. The average Bonchev–Trinajstić information content (AvgIpc) is 2.80. The summed E-state index contributed by atoms with van der Waals surface area (Å²) in [6.45, 7) is -0.290. The number of nitrogens with two attached hydrogens (primary N) is 2. The molecule has 12 heteroatoms. The molecule has 0 spiro atoms. The van der Waals surface area contributed by atoms with Crippen molar-refractivity contribution < 1.29 is 13.5 Å². The van der Waals surface area contributed by atoms with Crippen molar-refractivity contribution in [2.45, 2.75) is 12.6 Å². The number of pyridine rings is 1. The third-order valence-corrected chi connectivity index (χ3v) is 5.25. The van der Waals surface area contributed by atoms with E-state index >= 15 is 0 Å². The van der Waals surface area contributed by atoms with E-state index in [4.69, 9.17) is 33.1 Å². The zero-order chi connectivity index (χ0) is 24.4. The summed E-state index contributed by atoms with van der Waals surface area (Å²) in [5.41, 5.74) is 12.8. The van der Waals surface area contributed by atoms with Gasteiger partial charge in [0.05, 0.1) is 5.69 Å². The summed E-state index contributed by atoms with van der Waals surface area (Å²) in [6, 6.07) is 8.66. The first kappa shape index (κ1) is 22.6. The Morgan fingerprint density at radius 1 is 1.18 bits per heavy atom. The Balaban J connectivity index is 1.84. The van der Waals surface area contributed by atoms with Gasteiger partial charge in [0.1, 0.15) is 53.3 Å². The highest BCUT2D eigenvalue weighted by Crippen LogP contribution is 2.44. The summed E-state index contributed by atoms with van der Waals surface area (Å²) >= 11 is 6.23. The predicted octanol–water partition coefficient (Wildman–Crippen LogP) is 3.57. The Bertz CT molecular complexity index is 1410. The van der Waals surface area contributed by atoms with Gasteiger partial charge in [0.15, 0.2) is 6.19 Å². The maximum atomic E-state index is 14.1. The number of halogens is 3. The van der Waals surface area contributed by atoms with Crippen LogP contribution in [0.1, 0.15) is 28.3 Å². The molecule has 2 heterocycles. The fourth-order valence-corrected chi connectivity index (χ4v) is 3.66. The number of nitrogens with one attached hydrogen (secondary N) is 2. The number of hydrogen-bond donors (Lipinski definition) is 4. The number of nitriles is 2. The zero-order valence-electron chi connectivity index (χ0n) is 17.2.